The molecule has 1 fully saturated rings. The molecule has 130 valence electrons. The Bertz CT molecular complexity index is 544. The number of halogens is 3. The van der Waals surface area contributed by atoms with Gasteiger partial charge in [0.1, 0.15) is 5.69 Å². The predicted octanol–water partition coefficient (Wildman–Crippen LogP) is 2.77. The van der Waals surface area contributed by atoms with Gasteiger partial charge >= 0.3 is 6.18 Å². The lowest BCUT2D eigenvalue weighted by atomic mass is 9.90. The quantitative estimate of drug-likeness (QED) is 0.922. The van der Waals surface area contributed by atoms with Crippen molar-refractivity contribution < 1.29 is 23.1 Å². The number of carbonyl (C=O) groups excluding carboxylic acids is 1. The first kappa shape index (κ1) is 17.8. The van der Waals surface area contributed by atoms with Gasteiger partial charge in [-0.05, 0) is 18.9 Å². The Hall–Kier alpha value is -1.57. The molecule has 0 atom stereocenters. The molecule has 1 aliphatic heterocycles. The third kappa shape index (κ3) is 3.36. The van der Waals surface area contributed by atoms with Crippen molar-refractivity contribution in [1.29, 1.82) is 0 Å². The number of hydrogen-bond acceptors (Lipinski definition) is 3. The van der Waals surface area contributed by atoms with Gasteiger partial charge in [0.25, 0.3) is 5.91 Å². The van der Waals surface area contributed by atoms with Crippen molar-refractivity contribution in [2.75, 3.05) is 13.1 Å². The number of nitrogens with zero attached hydrogens (tertiary/aromatic N) is 3. The van der Waals surface area contributed by atoms with E-state index in [1.807, 2.05) is 13.8 Å². The molecule has 1 aromatic rings. The van der Waals surface area contributed by atoms with E-state index < -0.39 is 24.6 Å². The van der Waals surface area contributed by atoms with E-state index in [0.29, 0.717) is 5.69 Å². The van der Waals surface area contributed by atoms with E-state index in [-0.39, 0.29) is 25.0 Å². The molecule has 2 heterocycles. The Morgan fingerprint density at radius 2 is 1.91 bits per heavy atom. The van der Waals surface area contributed by atoms with Gasteiger partial charge in [0.05, 0.1) is 6.04 Å². The van der Waals surface area contributed by atoms with Gasteiger partial charge in [0.2, 0.25) is 0 Å². The van der Waals surface area contributed by atoms with Crippen molar-refractivity contribution in [2.45, 2.75) is 57.3 Å². The van der Waals surface area contributed by atoms with Crippen LogP contribution in [0, 0.1) is 0 Å². The standard InChI is InChI=1S/C15H22F3N3O2/c1-3-11(4-2)21-12(5-8-19-21)13(22)20-9-6-14(23,7-10-20)15(16,17)18/h5,8,11,23H,3-4,6-7,9-10H2,1-2H3. The van der Waals surface area contributed by atoms with Crippen LogP contribution in [0.1, 0.15) is 56.1 Å². The van der Waals surface area contributed by atoms with Crippen LogP contribution in [-0.2, 0) is 0 Å². The van der Waals surface area contributed by atoms with Gasteiger partial charge in [-0.25, -0.2) is 0 Å². The van der Waals surface area contributed by atoms with Crippen molar-refractivity contribution >= 4 is 5.91 Å². The van der Waals surface area contributed by atoms with E-state index in [2.05, 4.69) is 5.10 Å². The van der Waals surface area contributed by atoms with Crippen LogP contribution in [-0.4, -0.2) is 50.6 Å². The Balaban J connectivity index is 2.11. The summed E-state index contributed by atoms with van der Waals surface area (Å²) in [6.45, 7) is 3.74. The van der Waals surface area contributed by atoms with Gasteiger partial charge < -0.3 is 10.0 Å². The average molecular weight is 333 g/mol. The molecule has 1 aliphatic rings. The molecule has 0 radical (unpaired) electrons. The predicted molar refractivity (Wildman–Crippen MR) is 78.0 cm³/mol. The van der Waals surface area contributed by atoms with Gasteiger partial charge in [0.15, 0.2) is 5.60 Å². The molecule has 1 amide bonds. The first-order valence-corrected chi connectivity index (χ1v) is 7.85. The summed E-state index contributed by atoms with van der Waals surface area (Å²) in [5, 5.41) is 13.9. The highest BCUT2D eigenvalue weighted by molar-refractivity contribution is 5.92. The number of piperidine rings is 1. The maximum atomic E-state index is 12.8. The zero-order valence-electron chi connectivity index (χ0n) is 13.3. The van der Waals surface area contributed by atoms with E-state index in [1.165, 1.54) is 11.1 Å². The third-order valence-electron chi connectivity index (χ3n) is 4.58. The summed E-state index contributed by atoms with van der Waals surface area (Å²) in [5.41, 5.74) is -2.31. The summed E-state index contributed by atoms with van der Waals surface area (Å²) in [7, 11) is 0. The van der Waals surface area contributed by atoms with Gasteiger partial charge in [-0.3, -0.25) is 9.48 Å². The van der Waals surface area contributed by atoms with Gasteiger partial charge in [0, 0.05) is 32.1 Å². The van der Waals surface area contributed by atoms with Crippen molar-refractivity contribution in [3.05, 3.63) is 18.0 Å². The SMILES string of the molecule is CCC(CC)n1nccc1C(=O)N1CCC(O)(C(F)(F)F)CC1. The monoisotopic (exact) mass is 333 g/mol. The number of amides is 1. The Morgan fingerprint density at radius 3 is 2.39 bits per heavy atom. The largest absolute Gasteiger partial charge is 0.417 e. The van der Waals surface area contributed by atoms with Crippen molar-refractivity contribution in [1.82, 2.24) is 14.7 Å². The molecule has 23 heavy (non-hydrogen) atoms. The molecule has 1 saturated heterocycles. The van der Waals surface area contributed by atoms with E-state index in [9.17, 15) is 23.1 Å². The lowest BCUT2D eigenvalue weighted by Crippen LogP contribution is -2.54. The van der Waals surface area contributed by atoms with E-state index in [0.717, 1.165) is 12.8 Å². The number of alkyl halides is 3. The third-order valence-corrected chi connectivity index (χ3v) is 4.58. The molecule has 0 bridgehead atoms. The minimum atomic E-state index is -4.67. The number of carbonyl (C=O) groups is 1. The minimum Gasteiger partial charge on any atom is -0.380 e. The lowest BCUT2D eigenvalue weighted by molar-refractivity contribution is -0.271. The summed E-state index contributed by atoms with van der Waals surface area (Å²) in [4.78, 5) is 13.9. The Labute approximate surface area is 133 Å². The highest BCUT2D eigenvalue weighted by Crippen LogP contribution is 2.38. The van der Waals surface area contributed by atoms with Gasteiger partial charge in [-0.15, -0.1) is 0 Å². The van der Waals surface area contributed by atoms with Crippen molar-refractivity contribution in [3.8, 4) is 0 Å². The first-order chi connectivity index (χ1) is 10.7. The van der Waals surface area contributed by atoms with Crippen LogP contribution in [0.4, 0.5) is 13.2 Å². The second kappa shape index (κ2) is 6.51. The Kier molecular flexibility index (Phi) is 5.03. The summed E-state index contributed by atoms with van der Waals surface area (Å²) in [5.74, 6) is -0.335. The number of rotatable bonds is 4. The lowest BCUT2D eigenvalue weighted by Gasteiger charge is -2.39. The smallest absolute Gasteiger partial charge is 0.380 e. The molecule has 0 saturated carbocycles. The summed E-state index contributed by atoms with van der Waals surface area (Å²) >= 11 is 0. The molecule has 0 unspecified atom stereocenters. The molecule has 0 aliphatic carbocycles. The summed E-state index contributed by atoms with van der Waals surface area (Å²) in [6, 6.07) is 1.67. The molecule has 1 N–H and O–H groups in total. The van der Waals surface area contributed by atoms with E-state index in [1.54, 1.807) is 10.7 Å². The minimum absolute atomic E-state index is 0.0841. The Morgan fingerprint density at radius 1 is 1.35 bits per heavy atom. The normalized spacial score (nSPS) is 18.5. The molecule has 0 aromatic carbocycles. The number of aliphatic hydroxyl groups is 1. The number of likely N-dealkylation sites (tertiary alicyclic amines) is 1. The van der Waals surface area contributed by atoms with Crippen molar-refractivity contribution in [3.63, 3.8) is 0 Å². The van der Waals surface area contributed by atoms with Crippen LogP contribution in [0.2, 0.25) is 0 Å². The average Bonchev–Trinajstić information content (AvgIpc) is 2.97. The fraction of sp³-hybridized carbons (Fsp3) is 0.733. The van der Waals surface area contributed by atoms with Crippen LogP contribution >= 0.6 is 0 Å². The molecule has 0 spiro atoms. The molecule has 2 rings (SSSR count). The number of aromatic nitrogens is 2. The molecule has 5 nitrogen and oxygen atoms in total. The molecular formula is C15H22F3N3O2. The maximum Gasteiger partial charge on any atom is 0.417 e. The van der Waals surface area contributed by atoms with E-state index in [4.69, 9.17) is 0 Å². The summed E-state index contributed by atoms with van der Waals surface area (Å²) < 4.78 is 40.1. The molecular weight excluding hydrogens is 311 g/mol. The van der Waals surface area contributed by atoms with Crippen LogP contribution in [0.15, 0.2) is 12.3 Å². The van der Waals surface area contributed by atoms with Crippen LogP contribution < -0.4 is 0 Å². The second-order valence-electron chi connectivity index (χ2n) is 5.95. The topological polar surface area (TPSA) is 58.4 Å². The van der Waals surface area contributed by atoms with Gasteiger partial charge in [-0.2, -0.15) is 18.3 Å². The fourth-order valence-corrected chi connectivity index (χ4v) is 2.93. The highest BCUT2D eigenvalue weighted by Gasteiger charge is 2.55. The number of hydrogen-bond donors (Lipinski definition) is 1. The highest BCUT2D eigenvalue weighted by atomic mass is 19.4. The van der Waals surface area contributed by atoms with E-state index >= 15 is 0 Å². The summed E-state index contributed by atoms with van der Waals surface area (Å²) in [6.07, 6.45) is -2.51. The zero-order chi connectivity index (χ0) is 17.3. The first-order valence-electron chi connectivity index (χ1n) is 7.85. The van der Waals surface area contributed by atoms with Crippen LogP contribution in [0.3, 0.4) is 0 Å². The molecule has 1 aromatic heterocycles. The second-order valence-corrected chi connectivity index (χ2v) is 5.95. The maximum absolute atomic E-state index is 12.8. The van der Waals surface area contributed by atoms with Gasteiger partial charge in [-0.1, -0.05) is 13.8 Å². The van der Waals surface area contributed by atoms with Crippen LogP contribution in [0.5, 0.6) is 0 Å². The fourth-order valence-electron chi connectivity index (χ4n) is 2.93. The molecule has 8 heteroatoms. The van der Waals surface area contributed by atoms with Crippen molar-refractivity contribution in [2.24, 2.45) is 0 Å². The zero-order valence-corrected chi connectivity index (χ0v) is 13.3. The van der Waals surface area contributed by atoms with Crippen LogP contribution in [0.25, 0.3) is 0 Å².